The van der Waals surface area contributed by atoms with Crippen LogP contribution in [-0.2, 0) is 0 Å². The Bertz CT molecular complexity index is 129. The van der Waals surface area contributed by atoms with Gasteiger partial charge in [-0.15, -0.1) is 0 Å². The van der Waals surface area contributed by atoms with Crippen LogP contribution >= 0.6 is 0 Å². The topological polar surface area (TPSA) is 6.48 Å². The van der Waals surface area contributed by atoms with Crippen LogP contribution < -0.4 is 0 Å². The second kappa shape index (κ2) is 3.06. The zero-order valence-electron chi connectivity index (χ0n) is 7.04. The van der Waals surface area contributed by atoms with Crippen molar-refractivity contribution < 1.29 is 0 Å². The minimum absolute atomic E-state index is 0.704. The maximum atomic E-state index is 2.28. The molecule has 2 nitrogen and oxygen atoms in total. The molecule has 1 unspecified atom stereocenters. The third-order valence-electron chi connectivity index (χ3n) is 1.90. The van der Waals surface area contributed by atoms with E-state index in [0.717, 1.165) is 6.54 Å². The zero-order valence-corrected chi connectivity index (χ0v) is 7.04. The molecule has 10 heavy (non-hydrogen) atoms. The predicted molar refractivity (Wildman–Crippen MR) is 43.9 cm³/mol. The van der Waals surface area contributed by atoms with E-state index in [-0.39, 0.29) is 0 Å². The van der Waals surface area contributed by atoms with Gasteiger partial charge < -0.3 is 9.80 Å². The Hall–Kier alpha value is -0.500. The van der Waals surface area contributed by atoms with Gasteiger partial charge in [0.2, 0.25) is 0 Å². The lowest BCUT2D eigenvalue weighted by Gasteiger charge is -2.23. The van der Waals surface area contributed by atoms with Gasteiger partial charge >= 0.3 is 0 Å². The molecule has 1 aliphatic rings. The maximum Gasteiger partial charge on any atom is 0.0443 e. The van der Waals surface area contributed by atoms with Gasteiger partial charge in [0.15, 0.2) is 0 Å². The van der Waals surface area contributed by atoms with E-state index in [1.165, 1.54) is 6.42 Å². The van der Waals surface area contributed by atoms with Gasteiger partial charge in [0.1, 0.15) is 0 Å². The van der Waals surface area contributed by atoms with Gasteiger partial charge in [-0.1, -0.05) is 6.08 Å². The molecule has 0 fully saturated rings. The van der Waals surface area contributed by atoms with Crippen molar-refractivity contribution in [1.29, 1.82) is 0 Å². The second-order valence-corrected chi connectivity index (χ2v) is 3.20. The van der Waals surface area contributed by atoms with Crippen LogP contribution in [-0.4, -0.2) is 43.5 Å². The molecule has 1 heterocycles. The predicted octanol–water partition coefficient (Wildman–Crippen LogP) is 0.766. The quantitative estimate of drug-likeness (QED) is 0.559. The fraction of sp³-hybridized carbons (Fsp3) is 0.750. The van der Waals surface area contributed by atoms with E-state index in [9.17, 15) is 0 Å². The second-order valence-electron chi connectivity index (χ2n) is 3.20. The fourth-order valence-electron chi connectivity index (χ4n) is 1.30. The molecule has 0 N–H and O–H groups in total. The Labute approximate surface area is 63.1 Å². The first-order chi connectivity index (χ1) is 4.70. The Morgan fingerprint density at radius 1 is 1.60 bits per heavy atom. The number of hydrogen-bond acceptors (Lipinski definition) is 2. The van der Waals surface area contributed by atoms with E-state index in [1.807, 2.05) is 0 Å². The van der Waals surface area contributed by atoms with Crippen molar-refractivity contribution in [1.82, 2.24) is 9.80 Å². The molecule has 1 rings (SSSR count). The van der Waals surface area contributed by atoms with Gasteiger partial charge in [-0.2, -0.15) is 0 Å². The summed E-state index contributed by atoms with van der Waals surface area (Å²) in [6.07, 6.45) is 5.59. The smallest absolute Gasteiger partial charge is 0.0443 e. The van der Waals surface area contributed by atoms with Crippen LogP contribution in [0.5, 0.6) is 0 Å². The van der Waals surface area contributed by atoms with Gasteiger partial charge in [0, 0.05) is 19.6 Å². The van der Waals surface area contributed by atoms with Crippen LogP contribution in [0.4, 0.5) is 0 Å². The highest BCUT2D eigenvalue weighted by molar-refractivity contribution is 4.96. The summed E-state index contributed by atoms with van der Waals surface area (Å²) in [5.41, 5.74) is 0. The molecule has 0 bridgehead atoms. The van der Waals surface area contributed by atoms with Crippen molar-refractivity contribution in [2.45, 2.75) is 12.5 Å². The largest absolute Gasteiger partial charge is 0.376 e. The van der Waals surface area contributed by atoms with Gasteiger partial charge in [0.25, 0.3) is 0 Å². The Balaban J connectivity index is 2.30. The summed E-state index contributed by atoms with van der Waals surface area (Å²) in [6, 6.07) is 0.704. The molecule has 58 valence electrons. The van der Waals surface area contributed by atoms with E-state index in [1.54, 1.807) is 0 Å². The van der Waals surface area contributed by atoms with E-state index in [2.05, 4.69) is 43.2 Å². The third-order valence-corrected chi connectivity index (χ3v) is 1.90. The number of likely N-dealkylation sites (N-methyl/N-ethyl adjacent to an activating group) is 2. The molecule has 0 saturated carbocycles. The zero-order chi connectivity index (χ0) is 7.56. The number of rotatable bonds is 2. The molecule has 0 aliphatic carbocycles. The van der Waals surface area contributed by atoms with Gasteiger partial charge in [-0.05, 0) is 26.7 Å². The summed E-state index contributed by atoms with van der Waals surface area (Å²) in [5.74, 6) is 0. The molecule has 0 amide bonds. The molecule has 0 radical (unpaired) electrons. The molecule has 0 saturated heterocycles. The Morgan fingerprint density at radius 3 is 2.70 bits per heavy atom. The van der Waals surface area contributed by atoms with Crippen molar-refractivity contribution in [3.05, 3.63) is 12.3 Å². The third kappa shape index (κ3) is 1.74. The molecule has 0 aromatic carbocycles. The lowest BCUT2D eigenvalue weighted by Crippen LogP contribution is -2.33. The lowest BCUT2D eigenvalue weighted by molar-refractivity contribution is 0.267. The van der Waals surface area contributed by atoms with Crippen molar-refractivity contribution >= 4 is 0 Å². The average molecular weight is 140 g/mol. The Kier molecular flexibility index (Phi) is 2.33. The average Bonchev–Trinajstić information content (AvgIpc) is 2.15. The summed E-state index contributed by atoms with van der Waals surface area (Å²) in [5, 5.41) is 0. The fourth-order valence-corrected chi connectivity index (χ4v) is 1.30. The van der Waals surface area contributed by atoms with E-state index in [0.29, 0.717) is 6.04 Å². The molecule has 0 aromatic rings. The van der Waals surface area contributed by atoms with Crippen LogP contribution in [0.2, 0.25) is 0 Å². The highest BCUT2D eigenvalue weighted by Gasteiger charge is 2.14. The minimum atomic E-state index is 0.704. The maximum absolute atomic E-state index is 2.28. The van der Waals surface area contributed by atoms with Crippen LogP contribution in [0, 0.1) is 0 Å². The SMILES string of the molecule is CN(C)CC1CC=CN1C. The summed E-state index contributed by atoms with van der Waals surface area (Å²) < 4.78 is 0. The van der Waals surface area contributed by atoms with Crippen molar-refractivity contribution in [3.8, 4) is 0 Å². The highest BCUT2D eigenvalue weighted by atomic mass is 15.2. The first-order valence-electron chi connectivity index (χ1n) is 3.73. The first kappa shape index (κ1) is 7.61. The summed E-state index contributed by atoms with van der Waals surface area (Å²) in [6.45, 7) is 1.16. The summed E-state index contributed by atoms with van der Waals surface area (Å²) in [4.78, 5) is 4.51. The molecule has 1 atom stereocenters. The van der Waals surface area contributed by atoms with Crippen LogP contribution in [0.1, 0.15) is 6.42 Å². The van der Waals surface area contributed by atoms with E-state index >= 15 is 0 Å². The highest BCUT2D eigenvalue weighted by Crippen LogP contribution is 2.11. The first-order valence-corrected chi connectivity index (χ1v) is 3.73. The van der Waals surface area contributed by atoms with Crippen LogP contribution in [0.15, 0.2) is 12.3 Å². The van der Waals surface area contributed by atoms with Crippen molar-refractivity contribution in [2.24, 2.45) is 0 Å². The summed E-state index contributed by atoms with van der Waals surface area (Å²) in [7, 11) is 6.37. The number of hydrogen-bond donors (Lipinski definition) is 0. The molecule has 1 aliphatic heterocycles. The van der Waals surface area contributed by atoms with E-state index < -0.39 is 0 Å². The number of nitrogens with zero attached hydrogens (tertiary/aromatic N) is 2. The standard InChI is InChI=1S/C8H16N2/c1-9(2)7-8-5-4-6-10(8)3/h4,6,8H,5,7H2,1-3H3. The normalized spacial score (nSPS) is 24.8. The molecular weight excluding hydrogens is 124 g/mol. The molecule has 0 spiro atoms. The molecule has 0 aromatic heterocycles. The van der Waals surface area contributed by atoms with Gasteiger partial charge in [-0.25, -0.2) is 0 Å². The molecular formula is C8H16N2. The van der Waals surface area contributed by atoms with Crippen molar-refractivity contribution in [2.75, 3.05) is 27.7 Å². The summed E-state index contributed by atoms with van der Waals surface area (Å²) >= 11 is 0. The van der Waals surface area contributed by atoms with Gasteiger partial charge in [-0.3, -0.25) is 0 Å². The monoisotopic (exact) mass is 140 g/mol. The Morgan fingerprint density at radius 2 is 2.30 bits per heavy atom. The molecule has 2 heteroatoms. The van der Waals surface area contributed by atoms with E-state index in [4.69, 9.17) is 0 Å². The minimum Gasteiger partial charge on any atom is -0.376 e. The van der Waals surface area contributed by atoms with Crippen LogP contribution in [0.3, 0.4) is 0 Å². The lowest BCUT2D eigenvalue weighted by atomic mass is 10.2. The van der Waals surface area contributed by atoms with Gasteiger partial charge in [0.05, 0.1) is 0 Å². The van der Waals surface area contributed by atoms with Crippen LogP contribution in [0.25, 0.3) is 0 Å². The van der Waals surface area contributed by atoms with Crippen molar-refractivity contribution in [3.63, 3.8) is 0 Å².